The summed E-state index contributed by atoms with van der Waals surface area (Å²) in [6, 6.07) is 0. The summed E-state index contributed by atoms with van der Waals surface area (Å²) in [7, 11) is -3.36. The average Bonchev–Trinajstić information content (AvgIpc) is 2.75. The molecule has 0 saturated carbocycles. The van der Waals surface area contributed by atoms with Gasteiger partial charge in [-0.05, 0) is 12.6 Å². The van der Waals surface area contributed by atoms with E-state index in [2.05, 4.69) is 16.0 Å². The van der Waals surface area contributed by atoms with E-state index in [0.717, 1.165) is 0 Å². The summed E-state index contributed by atoms with van der Waals surface area (Å²) in [4.78, 5) is 10.6. The van der Waals surface area contributed by atoms with Gasteiger partial charge in [-0.1, -0.05) is 5.21 Å². The fourth-order valence-electron chi connectivity index (χ4n) is 1.11. The first-order valence-electron chi connectivity index (χ1n) is 4.93. The Morgan fingerprint density at radius 3 is 3.00 bits per heavy atom. The zero-order chi connectivity index (χ0) is 12.9. The molecule has 0 aromatic carbocycles. The molecule has 1 unspecified atom stereocenters. The Hall–Kier alpha value is -1.64. The number of nitrogens with two attached hydrogens (primary N) is 1. The lowest BCUT2D eigenvalue weighted by Gasteiger charge is -2.06. The highest BCUT2D eigenvalue weighted by Crippen LogP contribution is 2.42. The van der Waals surface area contributed by atoms with Gasteiger partial charge in [-0.3, -0.25) is 14.0 Å². The van der Waals surface area contributed by atoms with Gasteiger partial charge >= 0.3 is 7.37 Å². The van der Waals surface area contributed by atoms with Crippen LogP contribution in [0.25, 0.3) is 0 Å². The number of rotatable bonds is 6. The average molecular weight is 256 g/mol. The minimum atomic E-state index is -3.36. The highest BCUT2D eigenvalue weighted by molar-refractivity contribution is 7.71. The van der Waals surface area contributed by atoms with Gasteiger partial charge < -0.3 is 10.3 Å². The van der Waals surface area contributed by atoms with Gasteiger partial charge in [0.15, 0.2) is 5.44 Å². The molecule has 0 bridgehead atoms. The van der Waals surface area contributed by atoms with Crippen LogP contribution in [0.5, 0.6) is 0 Å². The van der Waals surface area contributed by atoms with Crippen LogP contribution in [0.2, 0.25) is 0 Å². The molecule has 2 N–H and O–H groups in total. The fourth-order valence-corrected chi connectivity index (χ4v) is 2.25. The summed E-state index contributed by atoms with van der Waals surface area (Å²) in [5.41, 5.74) is 7.20. The largest absolute Gasteiger partial charge is 0.370 e. The van der Waals surface area contributed by atoms with Crippen molar-refractivity contribution in [1.29, 1.82) is 0 Å². The van der Waals surface area contributed by atoms with Crippen molar-refractivity contribution in [2.45, 2.75) is 19.9 Å². The number of carbonyl (C=O) groups excluding carboxylic acids is 1. The van der Waals surface area contributed by atoms with Crippen LogP contribution in [0, 0.1) is 12.1 Å². The number of amides is 1. The van der Waals surface area contributed by atoms with Crippen molar-refractivity contribution in [3.05, 3.63) is 6.20 Å². The van der Waals surface area contributed by atoms with Crippen LogP contribution in [-0.2, 0) is 20.4 Å². The molecule has 1 rings (SSSR count). The standard InChI is InChI=1S/C9H13N4O3P/c1-3-16-17(15,4-2)9-7-13(12-11-9)6-5-8(10)14/h2,7H,3,5-6H2,1H3,(H2,10,14). The Morgan fingerprint density at radius 1 is 1.76 bits per heavy atom. The number of hydrogen-bond acceptors (Lipinski definition) is 5. The van der Waals surface area contributed by atoms with E-state index < -0.39 is 13.3 Å². The third kappa shape index (κ3) is 3.41. The van der Waals surface area contributed by atoms with Crippen LogP contribution in [-0.4, -0.2) is 27.5 Å². The van der Waals surface area contributed by atoms with Gasteiger partial charge in [-0.2, -0.15) is 0 Å². The first-order chi connectivity index (χ1) is 8.01. The summed E-state index contributed by atoms with van der Waals surface area (Å²) in [6.45, 7) is 2.16. The molecule has 0 saturated heterocycles. The lowest BCUT2D eigenvalue weighted by atomic mass is 10.4. The van der Waals surface area contributed by atoms with Crippen molar-refractivity contribution in [2.75, 3.05) is 6.61 Å². The SMILES string of the molecule is C#CP(=O)(OCC)c1cn(CCC(N)=O)nn1. The zero-order valence-electron chi connectivity index (χ0n) is 9.37. The minimum absolute atomic E-state index is 0.103. The van der Waals surface area contributed by atoms with Crippen LogP contribution in [0.15, 0.2) is 6.20 Å². The number of primary amides is 1. The normalized spacial score (nSPS) is 13.9. The molecular weight excluding hydrogens is 243 g/mol. The Labute approximate surface area is 98.8 Å². The lowest BCUT2D eigenvalue weighted by molar-refractivity contribution is -0.118. The van der Waals surface area contributed by atoms with Crippen LogP contribution in [0.1, 0.15) is 13.3 Å². The van der Waals surface area contributed by atoms with Crippen LogP contribution in [0.4, 0.5) is 0 Å². The van der Waals surface area contributed by atoms with Crippen molar-refractivity contribution in [3.63, 3.8) is 0 Å². The molecule has 1 amide bonds. The molecule has 0 fully saturated rings. The van der Waals surface area contributed by atoms with E-state index >= 15 is 0 Å². The molecule has 92 valence electrons. The van der Waals surface area contributed by atoms with Crippen LogP contribution in [0.3, 0.4) is 0 Å². The molecule has 0 aliphatic carbocycles. The molecule has 7 nitrogen and oxygen atoms in total. The number of hydrogen-bond donors (Lipinski definition) is 1. The van der Waals surface area contributed by atoms with E-state index in [4.69, 9.17) is 16.7 Å². The maximum atomic E-state index is 12.1. The maximum Gasteiger partial charge on any atom is 0.324 e. The Balaban J connectivity index is 2.83. The highest BCUT2D eigenvalue weighted by Gasteiger charge is 2.26. The monoisotopic (exact) mass is 256 g/mol. The third-order valence-electron chi connectivity index (χ3n) is 1.90. The summed E-state index contributed by atoms with van der Waals surface area (Å²) in [5.74, 6) is -0.452. The molecule has 1 heterocycles. The van der Waals surface area contributed by atoms with E-state index in [9.17, 15) is 9.36 Å². The number of aromatic nitrogens is 3. The second-order valence-corrected chi connectivity index (χ2v) is 5.23. The summed E-state index contributed by atoms with van der Waals surface area (Å²) >= 11 is 0. The lowest BCUT2D eigenvalue weighted by Crippen LogP contribution is -2.14. The van der Waals surface area contributed by atoms with Gasteiger partial charge in [0.1, 0.15) is 0 Å². The summed E-state index contributed by atoms with van der Waals surface area (Å²) in [5, 5.41) is 7.38. The molecule has 1 atom stereocenters. The van der Waals surface area contributed by atoms with E-state index in [-0.39, 0.29) is 25.0 Å². The summed E-state index contributed by atoms with van der Waals surface area (Å²) in [6.07, 6.45) is 6.69. The second kappa shape index (κ2) is 5.62. The molecule has 0 aliphatic rings. The molecule has 17 heavy (non-hydrogen) atoms. The van der Waals surface area contributed by atoms with Crippen molar-refractivity contribution < 1.29 is 13.9 Å². The molecule has 0 aliphatic heterocycles. The first kappa shape index (κ1) is 13.4. The molecule has 1 aromatic heterocycles. The van der Waals surface area contributed by atoms with E-state index in [1.54, 1.807) is 6.92 Å². The number of terminal acetylenes is 1. The van der Waals surface area contributed by atoms with Crippen molar-refractivity contribution in [3.8, 4) is 12.1 Å². The molecule has 0 radical (unpaired) electrons. The zero-order valence-corrected chi connectivity index (χ0v) is 10.3. The van der Waals surface area contributed by atoms with Crippen LogP contribution < -0.4 is 11.2 Å². The Kier molecular flexibility index (Phi) is 4.44. The molecule has 1 aromatic rings. The first-order valence-corrected chi connectivity index (χ1v) is 6.55. The van der Waals surface area contributed by atoms with Gasteiger partial charge in [0.2, 0.25) is 5.91 Å². The predicted molar refractivity (Wildman–Crippen MR) is 61.5 cm³/mol. The fraction of sp³-hybridized carbons (Fsp3) is 0.444. The smallest absolute Gasteiger partial charge is 0.324 e. The Bertz CT molecular complexity index is 491. The van der Waals surface area contributed by atoms with Gasteiger partial charge in [0.25, 0.3) is 0 Å². The van der Waals surface area contributed by atoms with Crippen molar-refractivity contribution in [2.24, 2.45) is 5.73 Å². The van der Waals surface area contributed by atoms with Gasteiger partial charge in [0.05, 0.1) is 19.3 Å². The third-order valence-corrected chi connectivity index (χ3v) is 3.67. The molecule has 8 heteroatoms. The van der Waals surface area contributed by atoms with Gasteiger partial charge in [0, 0.05) is 6.42 Å². The Morgan fingerprint density at radius 2 is 2.47 bits per heavy atom. The second-order valence-electron chi connectivity index (χ2n) is 3.15. The van der Waals surface area contributed by atoms with E-state index in [1.807, 2.05) is 0 Å². The molecule has 0 spiro atoms. The number of nitrogens with zero attached hydrogens (tertiary/aromatic N) is 3. The van der Waals surface area contributed by atoms with E-state index in [1.165, 1.54) is 10.9 Å². The van der Waals surface area contributed by atoms with E-state index in [0.29, 0.717) is 0 Å². The minimum Gasteiger partial charge on any atom is -0.370 e. The topological polar surface area (TPSA) is 100 Å². The van der Waals surface area contributed by atoms with Crippen molar-refractivity contribution >= 4 is 18.7 Å². The number of aryl methyl sites for hydroxylation is 1. The van der Waals surface area contributed by atoms with Gasteiger partial charge in [-0.25, -0.2) is 0 Å². The summed E-state index contributed by atoms with van der Waals surface area (Å²) < 4.78 is 18.4. The van der Waals surface area contributed by atoms with Crippen molar-refractivity contribution in [1.82, 2.24) is 15.0 Å². The quantitative estimate of drug-likeness (QED) is 0.555. The molecular formula is C9H13N4O3P. The highest BCUT2D eigenvalue weighted by atomic mass is 31.2. The van der Waals surface area contributed by atoms with Gasteiger partial charge in [-0.15, -0.1) is 11.5 Å². The maximum absolute atomic E-state index is 12.1. The van der Waals surface area contributed by atoms with Crippen LogP contribution >= 0.6 is 7.37 Å². The number of carbonyl (C=O) groups is 1. The predicted octanol–water partition coefficient (Wildman–Crippen LogP) is -0.316.